The van der Waals surface area contributed by atoms with Crippen LogP contribution in [0.25, 0.3) is 0 Å². The molecular weight excluding hydrogens is 334 g/mol. The Morgan fingerprint density at radius 1 is 1.08 bits per heavy atom. The lowest BCUT2D eigenvalue weighted by Crippen LogP contribution is -2.28. The van der Waals surface area contributed by atoms with E-state index in [9.17, 15) is 14.7 Å². The zero-order valence-corrected chi connectivity index (χ0v) is 15.4. The van der Waals surface area contributed by atoms with Crippen LogP contribution in [0, 0.1) is 0 Å². The molecule has 1 atom stereocenters. The Hall–Kier alpha value is -3.02. The summed E-state index contributed by atoms with van der Waals surface area (Å²) < 4.78 is 10.6. The second-order valence-electron chi connectivity index (χ2n) is 5.91. The molecular formula is C20H23NO5. The van der Waals surface area contributed by atoms with Crippen LogP contribution in [0.5, 0.6) is 11.5 Å². The normalized spacial score (nSPS) is 11.5. The molecule has 0 bridgehead atoms. The van der Waals surface area contributed by atoms with Gasteiger partial charge in [-0.2, -0.15) is 0 Å². The summed E-state index contributed by atoms with van der Waals surface area (Å²) >= 11 is 0. The number of hydrogen-bond acceptors (Lipinski definition) is 4. The SMILES string of the molecule is COc1cc(CN(C(C)=O)c2ccccc2)c(C(C)C(=O)O)cc1OC. The van der Waals surface area contributed by atoms with Gasteiger partial charge in [0.1, 0.15) is 0 Å². The van der Waals surface area contributed by atoms with Crippen molar-refractivity contribution in [3.05, 3.63) is 53.6 Å². The molecule has 2 rings (SSSR count). The Labute approximate surface area is 153 Å². The molecule has 2 aromatic rings. The van der Waals surface area contributed by atoms with E-state index in [0.717, 1.165) is 5.69 Å². The van der Waals surface area contributed by atoms with Gasteiger partial charge >= 0.3 is 5.97 Å². The smallest absolute Gasteiger partial charge is 0.310 e. The molecule has 0 aliphatic carbocycles. The van der Waals surface area contributed by atoms with E-state index < -0.39 is 11.9 Å². The van der Waals surface area contributed by atoms with E-state index in [1.54, 1.807) is 24.0 Å². The first-order valence-electron chi connectivity index (χ1n) is 8.19. The molecule has 6 heteroatoms. The second kappa shape index (κ2) is 8.38. The highest BCUT2D eigenvalue weighted by Gasteiger charge is 2.23. The van der Waals surface area contributed by atoms with E-state index in [0.29, 0.717) is 22.6 Å². The number of hydrogen-bond donors (Lipinski definition) is 1. The molecule has 2 aromatic carbocycles. The number of para-hydroxylation sites is 1. The molecule has 26 heavy (non-hydrogen) atoms. The van der Waals surface area contributed by atoms with E-state index in [1.165, 1.54) is 21.1 Å². The van der Waals surface area contributed by atoms with Gasteiger partial charge in [-0.05, 0) is 42.3 Å². The molecule has 0 aliphatic heterocycles. The van der Waals surface area contributed by atoms with Crippen molar-refractivity contribution in [3.63, 3.8) is 0 Å². The predicted octanol–water partition coefficient (Wildman–Crippen LogP) is 3.45. The zero-order valence-electron chi connectivity index (χ0n) is 15.4. The average Bonchev–Trinajstić information content (AvgIpc) is 2.65. The van der Waals surface area contributed by atoms with Crippen molar-refractivity contribution in [1.82, 2.24) is 0 Å². The van der Waals surface area contributed by atoms with Crippen LogP contribution in [-0.4, -0.2) is 31.2 Å². The van der Waals surface area contributed by atoms with E-state index in [-0.39, 0.29) is 12.5 Å². The van der Waals surface area contributed by atoms with Crippen molar-refractivity contribution in [2.75, 3.05) is 19.1 Å². The number of nitrogens with zero attached hydrogens (tertiary/aromatic N) is 1. The molecule has 0 radical (unpaired) electrons. The number of benzene rings is 2. The minimum absolute atomic E-state index is 0.139. The van der Waals surface area contributed by atoms with E-state index in [1.807, 2.05) is 30.3 Å². The molecule has 0 saturated carbocycles. The highest BCUT2D eigenvalue weighted by Crippen LogP contribution is 2.35. The van der Waals surface area contributed by atoms with Crippen molar-refractivity contribution < 1.29 is 24.2 Å². The molecule has 1 unspecified atom stereocenters. The lowest BCUT2D eigenvalue weighted by Gasteiger charge is -2.24. The molecule has 0 aliphatic rings. The summed E-state index contributed by atoms with van der Waals surface area (Å²) in [5.41, 5.74) is 2.01. The van der Waals surface area contributed by atoms with Crippen molar-refractivity contribution in [3.8, 4) is 11.5 Å². The van der Waals surface area contributed by atoms with Crippen molar-refractivity contribution in [2.45, 2.75) is 26.3 Å². The second-order valence-corrected chi connectivity index (χ2v) is 5.91. The van der Waals surface area contributed by atoms with Gasteiger partial charge < -0.3 is 19.5 Å². The first kappa shape index (κ1) is 19.3. The fraction of sp³-hybridized carbons (Fsp3) is 0.300. The zero-order chi connectivity index (χ0) is 19.3. The summed E-state index contributed by atoms with van der Waals surface area (Å²) in [6, 6.07) is 12.6. The fourth-order valence-electron chi connectivity index (χ4n) is 2.77. The molecule has 1 amide bonds. The maximum atomic E-state index is 12.2. The van der Waals surface area contributed by atoms with Crippen LogP contribution in [0.2, 0.25) is 0 Å². The quantitative estimate of drug-likeness (QED) is 0.821. The summed E-state index contributed by atoms with van der Waals surface area (Å²) in [5, 5.41) is 9.46. The van der Waals surface area contributed by atoms with Gasteiger partial charge in [0.2, 0.25) is 5.91 Å². The lowest BCUT2D eigenvalue weighted by atomic mass is 9.94. The van der Waals surface area contributed by atoms with Crippen LogP contribution < -0.4 is 14.4 Å². The number of amides is 1. The summed E-state index contributed by atoms with van der Waals surface area (Å²) in [4.78, 5) is 25.3. The molecule has 0 fully saturated rings. The first-order chi connectivity index (χ1) is 12.4. The molecule has 0 aromatic heterocycles. The molecule has 138 valence electrons. The van der Waals surface area contributed by atoms with E-state index in [2.05, 4.69) is 0 Å². The summed E-state index contributed by atoms with van der Waals surface area (Å²) in [6.07, 6.45) is 0. The van der Waals surface area contributed by atoms with E-state index in [4.69, 9.17) is 9.47 Å². The van der Waals surface area contributed by atoms with Crippen LogP contribution in [-0.2, 0) is 16.1 Å². The van der Waals surface area contributed by atoms with Gasteiger partial charge in [-0.1, -0.05) is 18.2 Å². The number of carboxylic acid groups (broad SMARTS) is 1. The van der Waals surface area contributed by atoms with Gasteiger partial charge in [0.15, 0.2) is 11.5 Å². The summed E-state index contributed by atoms with van der Waals surface area (Å²) in [7, 11) is 3.01. The van der Waals surface area contributed by atoms with Gasteiger partial charge in [-0.15, -0.1) is 0 Å². The van der Waals surface area contributed by atoms with E-state index >= 15 is 0 Å². The van der Waals surface area contributed by atoms with Crippen LogP contribution in [0.1, 0.15) is 30.9 Å². The number of methoxy groups -OCH3 is 2. The lowest BCUT2D eigenvalue weighted by molar-refractivity contribution is -0.138. The summed E-state index contributed by atoms with van der Waals surface area (Å²) in [5.74, 6) is -0.907. The van der Waals surface area contributed by atoms with Gasteiger partial charge in [-0.3, -0.25) is 9.59 Å². The third kappa shape index (κ3) is 4.14. The predicted molar refractivity (Wildman–Crippen MR) is 98.9 cm³/mol. The average molecular weight is 357 g/mol. The molecule has 0 heterocycles. The number of ether oxygens (including phenoxy) is 2. The Morgan fingerprint density at radius 3 is 2.15 bits per heavy atom. The number of carboxylic acids is 1. The van der Waals surface area contributed by atoms with Crippen molar-refractivity contribution in [1.29, 1.82) is 0 Å². The maximum Gasteiger partial charge on any atom is 0.310 e. The summed E-state index contributed by atoms with van der Waals surface area (Å²) in [6.45, 7) is 3.31. The molecule has 6 nitrogen and oxygen atoms in total. The highest BCUT2D eigenvalue weighted by molar-refractivity contribution is 5.91. The fourth-order valence-corrected chi connectivity index (χ4v) is 2.77. The topological polar surface area (TPSA) is 76.1 Å². The number of aliphatic carboxylic acids is 1. The Bertz CT molecular complexity index is 788. The number of anilines is 1. The number of carbonyl (C=O) groups is 2. The van der Waals surface area contributed by atoms with Gasteiger partial charge in [0.05, 0.1) is 26.7 Å². The first-order valence-corrected chi connectivity index (χ1v) is 8.19. The minimum Gasteiger partial charge on any atom is -0.493 e. The van der Waals surface area contributed by atoms with Crippen molar-refractivity contribution >= 4 is 17.6 Å². The third-order valence-electron chi connectivity index (χ3n) is 4.26. The molecule has 0 saturated heterocycles. The largest absolute Gasteiger partial charge is 0.493 e. The monoisotopic (exact) mass is 357 g/mol. The number of carbonyl (C=O) groups excluding carboxylic acids is 1. The van der Waals surface area contributed by atoms with Crippen LogP contribution in [0.15, 0.2) is 42.5 Å². The van der Waals surface area contributed by atoms with Crippen LogP contribution in [0.3, 0.4) is 0 Å². The highest BCUT2D eigenvalue weighted by atomic mass is 16.5. The van der Waals surface area contributed by atoms with Gasteiger partial charge in [0.25, 0.3) is 0 Å². The number of rotatable bonds is 7. The molecule has 0 spiro atoms. The Balaban J connectivity index is 2.54. The standard InChI is InChI=1S/C20H23NO5/c1-13(20(23)24)17-11-19(26-4)18(25-3)10-15(17)12-21(14(2)22)16-8-6-5-7-9-16/h5-11,13H,12H2,1-4H3,(H,23,24). The maximum absolute atomic E-state index is 12.2. The van der Waals surface area contributed by atoms with Crippen LogP contribution in [0.4, 0.5) is 5.69 Å². The Kier molecular flexibility index (Phi) is 6.22. The minimum atomic E-state index is -0.951. The Morgan fingerprint density at radius 2 is 1.65 bits per heavy atom. The third-order valence-corrected chi connectivity index (χ3v) is 4.26. The van der Waals surface area contributed by atoms with Gasteiger partial charge in [-0.25, -0.2) is 0 Å². The van der Waals surface area contributed by atoms with Crippen LogP contribution >= 0.6 is 0 Å². The molecule has 1 N–H and O–H groups in total. The van der Waals surface area contributed by atoms with Gasteiger partial charge in [0, 0.05) is 12.6 Å². The van der Waals surface area contributed by atoms with Crippen molar-refractivity contribution in [2.24, 2.45) is 0 Å².